The fourth-order valence-electron chi connectivity index (χ4n) is 1.01. The Hall–Kier alpha value is -1.75. The van der Waals surface area contributed by atoms with Crippen molar-refractivity contribution in [2.75, 3.05) is 26.3 Å². The third-order valence-corrected chi connectivity index (χ3v) is 1.70. The van der Waals surface area contributed by atoms with E-state index in [-0.39, 0.29) is 12.8 Å². The fourth-order valence-corrected chi connectivity index (χ4v) is 1.01. The van der Waals surface area contributed by atoms with Gasteiger partial charge in [0.25, 0.3) is 0 Å². The topological polar surface area (TPSA) is 59.6 Å². The first-order valence-electron chi connectivity index (χ1n) is 4.44. The van der Waals surface area contributed by atoms with Crippen LogP contribution in [0.3, 0.4) is 0 Å². The van der Waals surface area contributed by atoms with Crippen LogP contribution in [0.25, 0.3) is 0 Å². The lowest BCUT2D eigenvalue weighted by molar-refractivity contribution is 0.177. The standard InChI is InChI=1S/C10H14N2O3/c1-14-7-11-10(13)12-8-4-3-5-9(6-8)15-2/h3-6H,7H2,1-2H3,(H2,11,12,13). The Bertz CT molecular complexity index is 328. The van der Waals surface area contributed by atoms with Crippen LogP contribution in [0.1, 0.15) is 0 Å². The van der Waals surface area contributed by atoms with Gasteiger partial charge < -0.3 is 20.1 Å². The highest BCUT2D eigenvalue weighted by Crippen LogP contribution is 2.16. The molecule has 0 heterocycles. The molecule has 15 heavy (non-hydrogen) atoms. The summed E-state index contributed by atoms with van der Waals surface area (Å²) in [4.78, 5) is 11.2. The molecule has 1 aromatic rings. The number of methoxy groups -OCH3 is 2. The first kappa shape index (κ1) is 11.3. The Morgan fingerprint density at radius 3 is 2.87 bits per heavy atom. The molecule has 2 N–H and O–H groups in total. The summed E-state index contributed by atoms with van der Waals surface area (Å²) in [5.74, 6) is 0.694. The predicted octanol–water partition coefficient (Wildman–Crippen LogP) is 1.42. The van der Waals surface area contributed by atoms with E-state index in [1.807, 2.05) is 0 Å². The molecule has 1 rings (SSSR count). The normalized spacial score (nSPS) is 9.47. The number of carbonyl (C=O) groups excluding carboxylic acids is 1. The lowest BCUT2D eigenvalue weighted by Crippen LogP contribution is -2.30. The second-order valence-corrected chi connectivity index (χ2v) is 2.80. The van der Waals surface area contributed by atoms with E-state index < -0.39 is 0 Å². The number of carbonyl (C=O) groups is 1. The van der Waals surface area contributed by atoms with Gasteiger partial charge in [-0.3, -0.25) is 0 Å². The largest absolute Gasteiger partial charge is 0.497 e. The van der Waals surface area contributed by atoms with E-state index in [4.69, 9.17) is 9.47 Å². The van der Waals surface area contributed by atoms with E-state index in [9.17, 15) is 4.79 Å². The first-order valence-corrected chi connectivity index (χ1v) is 4.44. The van der Waals surface area contributed by atoms with Gasteiger partial charge in [0.05, 0.1) is 7.11 Å². The number of anilines is 1. The molecule has 2 amide bonds. The monoisotopic (exact) mass is 210 g/mol. The van der Waals surface area contributed by atoms with Crippen LogP contribution < -0.4 is 15.4 Å². The average Bonchev–Trinajstić information content (AvgIpc) is 2.26. The van der Waals surface area contributed by atoms with Crippen LogP contribution in [0.5, 0.6) is 5.75 Å². The highest BCUT2D eigenvalue weighted by Gasteiger charge is 2.00. The molecule has 0 radical (unpaired) electrons. The maximum absolute atomic E-state index is 11.2. The second kappa shape index (κ2) is 5.87. The SMILES string of the molecule is COCNC(=O)Nc1cccc(OC)c1. The molecule has 0 aliphatic rings. The maximum atomic E-state index is 11.2. The highest BCUT2D eigenvalue weighted by molar-refractivity contribution is 5.89. The molecule has 0 bridgehead atoms. The Labute approximate surface area is 88.4 Å². The van der Waals surface area contributed by atoms with Gasteiger partial charge in [0, 0.05) is 18.9 Å². The van der Waals surface area contributed by atoms with Gasteiger partial charge in [0.15, 0.2) is 0 Å². The Morgan fingerprint density at radius 2 is 2.20 bits per heavy atom. The minimum absolute atomic E-state index is 0.176. The van der Waals surface area contributed by atoms with Crippen molar-refractivity contribution < 1.29 is 14.3 Å². The van der Waals surface area contributed by atoms with Gasteiger partial charge >= 0.3 is 6.03 Å². The van der Waals surface area contributed by atoms with Crippen molar-refractivity contribution in [3.8, 4) is 5.75 Å². The Balaban J connectivity index is 2.52. The first-order chi connectivity index (χ1) is 7.26. The molecule has 0 atom stereocenters. The van der Waals surface area contributed by atoms with Crippen LogP contribution in [0.4, 0.5) is 10.5 Å². The van der Waals surface area contributed by atoms with E-state index in [1.54, 1.807) is 31.4 Å². The molecule has 5 heteroatoms. The van der Waals surface area contributed by atoms with Crippen molar-refractivity contribution in [3.63, 3.8) is 0 Å². The minimum Gasteiger partial charge on any atom is -0.497 e. The summed E-state index contributed by atoms with van der Waals surface area (Å²) in [7, 11) is 3.08. The third kappa shape index (κ3) is 3.86. The van der Waals surface area contributed by atoms with Crippen molar-refractivity contribution in [3.05, 3.63) is 24.3 Å². The zero-order valence-corrected chi connectivity index (χ0v) is 8.74. The van der Waals surface area contributed by atoms with E-state index in [1.165, 1.54) is 7.11 Å². The quantitative estimate of drug-likeness (QED) is 0.739. The predicted molar refractivity (Wildman–Crippen MR) is 57.0 cm³/mol. The van der Waals surface area contributed by atoms with Gasteiger partial charge in [0.1, 0.15) is 12.5 Å². The molecule has 0 saturated heterocycles. The van der Waals surface area contributed by atoms with E-state index in [2.05, 4.69) is 10.6 Å². The summed E-state index contributed by atoms with van der Waals surface area (Å²) in [6.07, 6.45) is 0. The van der Waals surface area contributed by atoms with E-state index in [0.29, 0.717) is 11.4 Å². The number of nitrogens with one attached hydrogen (secondary N) is 2. The maximum Gasteiger partial charge on any atom is 0.321 e. The fraction of sp³-hybridized carbons (Fsp3) is 0.300. The lowest BCUT2D eigenvalue weighted by Gasteiger charge is -2.07. The van der Waals surface area contributed by atoms with Gasteiger partial charge in [-0.05, 0) is 12.1 Å². The van der Waals surface area contributed by atoms with Crippen molar-refractivity contribution in [2.45, 2.75) is 0 Å². The van der Waals surface area contributed by atoms with Crippen LogP contribution in [0.2, 0.25) is 0 Å². The number of ether oxygens (including phenoxy) is 2. The summed E-state index contributed by atoms with van der Waals surface area (Å²) >= 11 is 0. The summed E-state index contributed by atoms with van der Waals surface area (Å²) in [6, 6.07) is 6.79. The van der Waals surface area contributed by atoms with Gasteiger partial charge in [-0.1, -0.05) is 6.07 Å². The van der Waals surface area contributed by atoms with E-state index >= 15 is 0 Å². The van der Waals surface area contributed by atoms with Crippen molar-refractivity contribution in [2.24, 2.45) is 0 Å². The van der Waals surface area contributed by atoms with Crippen molar-refractivity contribution in [1.82, 2.24) is 5.32 Å². The molecule has 0 fully saturated rings. The van der Waals surface area contributed by atoms with Crippen molar-refractivity contribution >= 4 is 11.7 Å². The summed E-state index contributed by atoms with van der Waals surface area (Å²) < 4.78 is 9.72. The molecule has 0 aromatic heterocycles. The number of hydrogen-bond donors (Lipinski definition) is 2. The van der Waals surface area contributed by atoms with Crippen LogP contribution in [0.15, 0.2) is 24.3 Å². The number of benzene rings is 1. The molecule has 0 unspecified atom stereocenters. The smallest absolute Gasteiger partial charge is 0.321 e. The van der Waals surface area contributed by atoms with Gasteiger partial charge in [-0.15, -0.1) is 0 Å². The number of amides is 2. The molecule has 0 aliphatic heterocycles. The average molecular weight is 210 g/mol. The second-order valence-electron chi connectivity index (χ2n) is 2.80. The summed E-state index contributed by atoms with van der Waals surface area (Å²) in [5, 5.41) is 5.15. The molecular weight excluding hydrogens is 196 g/mol. The van der Waals surface area contributed by atoms with Crippen molar-refractivity contribution in [1.29, 1.82) is 0 Å². The molecule has 0 aliphatic carbocycles. The van der Waals surface area contributed by atoms with Crippen LogP contribution >= 0.6 is 0 Å². The molecule has 0 spiro atoms. The summed E-state index contributed by atoms with van der Waals surface area (Å²) in [6.45, 7) is 0.176. The van der Waals surface area contributed by atoms with Gasteiger partial charge in [-0.2, -0.15) is 0 Å². The van der Waals surface area contributed by atoms with Crippen LogP contribution in [-0.4, -0.2) is 27.0 Å². The van der Waals surface area contributed by atoms with Gasteiger partial charge in [0.2, 0.25) is 0 Å². The highest BCUT2D eigenvalue weighted by atomic mass is 16.5. The third-order valence-electron chi connectivity index (χ3n) is 1.70. The number of hydrogen-bond acceptors (Lipinski definition) is 3. The van der Waals surface area contributed by atoms with E-state index in [0.717, 1.165) is 0 Å². The molecule has 0 saturated carbocycles. The molecule has 1 aromatic carbocycles. The van der Waals surface area contributed by atoms with Gasteiger partial charge in [-0.25, -0.2) is 4.79 Å². The Morgan fingerprint density at radius 1 is 1.40 bits per heavy atom. The Kier molecular flexibility index (Phi) is 4.43. The molecular formula is C10H14N2O3. The van der Waals surface area contributed by atoms with Crippen LogP contribution in [-0.2, 0) is 4.74 Å². The molecule has 82 valence electrons. The number of rotatable bonds is 4. The molecule has 5 nitrogen and oxygen atoms in total. The summed E-state index contributed by atoms with van der Waals surface area (Å²) in [5.41, 5.74) is 0.669. The lowest BCUT2D eigenvalue weighted by atomic mass is 10.3. The van der Waals surface area contributed by atoms with Crippen LogP contribution in [0, 0.1) is 0 Å². The zero-order valence-electron chi connectivity index (χ0n) is 8.74. The number of urea groups is 1. The zero-order chi connectivity index (χ0) is 11.1. The minimum atomic E-state index is -0.315.